The van der Waals surface area contributed by atoms with Crippen LogP contribution in [0.4, 0.5) is 0 Å². The fourth-order valence-corrected chi connectivity index (χ4v) is 2.57. The van der Waals surface area contributed by atoms with Crippen LogP contribution in [0.3, 0.4) is 0 Å². The zero-order chi connectivity index (χ0) is 13.3. The van der Waals surface area contributed by atoms with E-state index < -0.39 is 0 Å². The lowest BCUT2D eigenvalue weighted by atomic mass is 10.4. The molecule has 1 aliphatic rings. The highest BCUT2D eigenvalue weighted by Gasteiger charge is 2.10. The Kier molecular flexibility index (Phi) is 6.20. The van der Waals surface area contributed by atoms with Crippen LogP contribution in [-0.2, 0) is 9.53 Å². The molecular formula is C14H19N2O2S. The maximum atomic E-state index is 11.7. The third kappa shape index (κ3) is 5.63. The quantitative estimate of drug-likeness (QED) is 0.790. The van der Waals surface area contributed by atoms with Gasteiger partial charge in [0, 0.05) is 31.1 Å². The minimum absolute atomic E-state index is 0.0890. The Morgan fingerprint density at radius 2 is 2.11 bits per heavy atom. The molecule has 4 nitrogen and oxygen atoms in total. The normalized spacial score (nSPS) is 16.2. The largest absolute Gasteiger partial charge is 0.379 e. The Balaban J connectivity index is 1.57. The van der Waals surface area contributed by atoms with E-state index in [0.717, 1.165) is 37.7 Å². The summed E-state index contributed by atoms with van der Waals surface area (Å²) in [6.07, 6.45) is 0. The molecule has 1 aromatic rings. The van der Waals surface area contributed by atoms with Crippen molar-refractivity contribution in [3.8, 4) is 0 Å². The van der Waals surface area contributed by atoms with Crippen molar-refractivity contribution in [2.24, 2.45) is 0 Å². The lowest BCUT2D eigenvalue weighted by Gasteiger charge is -2.26. The molecule has 1 amide bonds. The zero-order valence-corrected chi connectivity index (χ0v) is 11.7. The molecule has 1 N–H and O–H groups in total. The van der Waals surface area contributed by atoms with Gasteiger partial charge in [-0.05, 0) is 18.2 Å². The summed E-state index contributed by atoms with van der Waals surface area (Å²) < 4.78 is 5.28. The smallest absolute Gasteiger partial charge is 0.230 e. The van der Waals surface area contributed by atoms with E-state index in [9.17, 15) is 4.79 Å². The highest BCUT2D eigenvalue weighted by molar-refractivity contribution is 8.00. The van der Waals surface area contributed by atoms with Gasteiger partial charge < -0.3 is 10.1 Å². The molecule has 0 unspecified atom stereocenters. The summed E-state index contributed by atoms with van der Waals surface area (Å²) in [6.45, 7) is 5.14. The van der Waals surface area contributed by atoms with Crippen LogP contribution in [0, 0.1) is 6.07 Å². The molecule has 1 saturated heterocycles. The van der Waals surface area contributed by atoms with Crippen molar-refractivity contribution < 1.29 is 9.53 Å². The fourth-order valence-electron chi connectivity index (χ4n) is 1.85. The van der Waals surface area contributed by atoms with Crippen LogP contribution in [-0.4, -0.2) is 56.0 Å². The Hall–Kier alpha value is -1.04. The van der Waals surface area contributed by atoms with Gasteiger partial charge in [-0.1, -0.05) is 12.1 Å². The fraction of sp³-hybridized carbons (Fsp3) is 0.500. The predicted molar refractivity (Wildman–Crippen MR) is 76.3 cm³/mol. The molecule has 1 fully saturated rings. The van der Waals surface area contributed by atoms with E-state index in [1.165, 1.54) is 0 Å². The summed E-state index contributed by atoms with van der Waals surface area (Å²) >= 11 is 1.55. The van der Waals surface area contributed by atoms with Crippen LogP contribution in [0.25, 0.3) is 0 Å². The molecule has 2 rings (SSSR count). The van der Waals surface area contributed by atoms with Gasteiger partial charge in [-0.25, -0.2) is 0 Å². The van der Waals surface area contributed by atoms with E-state index in [-0.39, 0.29) is 5.91 Å². The molecule has 1 aliphatic heterocycles. The van der Waals surface area contributed by atoms with Gasteiger partial charge in [-0.2, -0.15) is 0 Å². The Morgan fingerprint density at radius 1 is 1.37 bits per heavy atom. The highest BCUT2D eigenvalue weighted by atomic mass is 32.2. The highest BCUT2D eigenvalue weighted by Crippen LogP contribution is 2.15. The molecule has 5 heteroatoms. The van der Waals surface area contributed by atoms with Gasteiger partial charge in [-0.3, -0.25) is 9.69 Å². The van der Waals surface area contributed by atoms with E-state index in [4.69, 9.17) is 4.74 Å². The number of hydrogen-bond acceptors (Lipinski definition) is 4. The number of amides is 1. The number of nitrogens with one attached hydrogen (secondary N) is 1. The molecule has 1 aromatic carbocycles. The molecule has 1 radical (unpaired) electrons. The topological polar surface area (TPSA) is 41.6 Å². The van der Waals surface area contributed by atoms with Crippen LogP contribution >= 0.6 is 11.8 Å². The van der Waals surface area contributed by atoms with Crippen LogP contribution in [0.15, 0.2) is 29.2 Å². The minimum Gasteiger partial charge on any atom is -0.379 e. The molecule has 103 valence electrons. The second kappa shape index (κ2) is 8.19. The molecule has 19 heavy (non-hydrogen) atoms. The van der Waals surface area contributed by atoms with Crippen molar-refractivity contribution in [2.75, 3.05) is 45.1 Å². The monoisotopic (exact) mass is 279 g/mol. The number of hydrogen-bond donors (Lipinski definition) is 1. The van der Waals surface area contributed by atoms with Crippen molar-refractivity contribution in [2.45, 2.75) is 4.90 Å². The van der Waals surface area contributed by atoms with Gasteiger partial charge >= 0.3 is 0 Å². The number of thioether (sulfide) groups is 1. The minimum atomic E-state index is 0.0890. The maximum absolute atomic E-state index is 11.7. The summed E-state index contributed by atoms with van der Waals surface area (Å²) in [5.41, 5.74) is 0. The Morgan fingerprint density at radius 3 is 2.84 bits per heavy atom. The van der Waals surface area contributed by atoms with Crippen LogP contribution < -0.4 is 5.32 Å². The lowest BCUT2D eigenvalue weighted by molar-refractivity contribution is -0.118. The third-order valence-corrected chi connectivity index (χ3v) is 3.92. The van der Waals surface area contributed by atoms with Crippen LogP contribution in [0.1, 0.15) is 0 Å². The van der Waals surface area contributed by atoms with Gasteiger partial charge in [-0.15, -0.1) is 11.8 Å². The molecule has 0 aromatic heterocycles. The average molecular weight is 279 g/mol. The molecule has 0 spiro atoms. The molecule has 1 heterocycles. The number of carbonyl (C=O) groups is 1. The third-order valence-electron chi connectivity index (χ3n) is 2.91. The number of ether oxygens (including phenoxy) is 1. The van der Waals surface area contributed by atoms with E-state index in [1.807, 2.05) is 24.3 Å². The summed E-state index contributed by atoms with van der Waals surface area (Å²) in [5.74, 6) is 0.554. The van der Waals surface area contributed by atoms with Crippen LogP contribution in [0.5, 0.6) is 0 Å². The Bertz CT molecular complexity index is 380. The first-order chi connectivity index (χ1) is 9.34. The summed E-state index contributed by atoms with van der Waals surface area (Å²) in [4.78, 5) is 15.1. The molecule has 0 atom stereocenters. The first kappa shape index (κ1) is 14.4. The number of nitrogens with zero attached hydrogens (tertiary/aromatic N) is 1. The standard InChI is InChI=1S/C14H19N2O2S/c17-14(12-19-13-4-2-1-3-5-13)15-6-7-16-8-10-18-11-9-16/h2-5H,6-12H2,(H,15,17). The van der Waals surface area contributed by atoms with Crippen molar-refractivity contribution in [1.82, 2.24) is 10.2 Å². The van der Waals surface area contributed by atoms with E-state index in [0.29, 0.717) is 12.3 Å². The van der Waals surface area contributed by atoms with E-state index in [2.05, 4.69) is 16.3 Å². The van der Waals surface area contributed by atoms with Crippen molar-refractivity contribution in [3.05, 3.63) is 30.3 Å². The predicted octanol–water partition coefficient (Wildman–Crippen LogP) is 1.03. The number of benzene rings is 1. The molecular weight excluding hydrogens is 260 g/mol. The molecule has 0 bridgehead atoms. The average Bonchev–Trinajstić information content (AvgIpc) is 2.47. The van der Waals surface area contributed by atoms with Crippen molar-refractivity contribution >= 4 is 17.7 Å². The molecule has 0 aliphatic carbocycles. The summed E-state index contributed by atoms with van der Waals surface area (Å²) in [7, 11) is 0. The number of morpholine rings is 1. The van der Waals surface area contributed by atoms with Gasteiger partial charge in [0.25, 0.3) is 0 Å². The van der Waals surface area contributed by atoms with E-state index >= 15 is 0 Å². The van der Waals surface area contributed by atoms with Gasteiger partial charge in [0.05, 0.1) is 19.0 Å². The lowest BCUT2D eigenvalue weighted by Crippen LogP contribution is -2.41. The SMILES string of the molecule is O=C(CSc1cc[c]cc1)NCCN1CCOCC1. The zero-order valence-electron chi connectivity index (χ0n) is 10.9. The van der Waals surface area contributed by atoms with Gasteiger partial charge in [0.15, 0.2) is 0 Å². The van der Waals surface area contributed by atoms with Gasteiger partial charge in [0.1, 0.15) is 0 Å². The van der Waals surface area contributed by atoms with Crippen LogP contribution in [0.2, 0.25) is 0 Å². The number of carbonyl (C=O) groups excluding carboxylic acids is 1. The van der Waals surface area contributed by atoms with Crippen molar-refractivity contribution in [1.29, 1.82) is 0 Å². The Labute approximate surface area is 118 Å². The summed E-state index contributed by atoms with van der Waals surface area (Å²) in [6, 6.07) is 10.6. The van der Waals surface area contributed by atoms with Crippen molar-refractivity contribution in [3.63, 3.8) is 0 Å². The first-order valence-electron chi connectivity index (χ1n) is 6.50. The first-order valence-corrected chi connectivity index (χ1v) is 7.49. The summed E-state index contributed by atoms with van der Waals surface area (Å²) in [5, 5.41) is 2.95. The second-order valence-electron chi connectivity index (χ2n) is 4.33. The van der Waals surface area contributed by atoms with Gasteiger partial charge in [0.2, 0.25) is 5.91 Å². The van der Waals surface area contributed by atoms with E-state index in [1.54, 1.807) is 11.8 Å². The maximum Gasteiger partial charge on any atom is 0.230 e. The second-order valence-corrected chi connectivity index (χ2v) is 5.38. The molecule has 0 saturated carbocycles. The number of rotatable bonds is 6.